The highest BCUT2D eigenvalue weighted by molar-refractivity contribution is 5.83. The van der Waals surface area contributed by atoms with E-state index in [2.05, 4.69) is 10.3 Å². The Bertz CT molecular complexity index is 1090. The van der Waals surface area contributed by atoms with Gasteiger partial charge in [0, 0.05) is 12.1 Å². The van der Waals surface area contributed by atoms with Gasteiger partial charge in [0.15, 0.2) is 11.5 Å². The first-order valence-electron chi connectivity index (χ1n) is 9.02. The molecule has 0 radical (unpaired) electrons. The molecule has 2 N–H and O–H groups in total. The van der Waals surface area contributed by atoms with Crippen LogP contribution >= 0.6 is 0 Å². The molecule has 0 atom stereocenters. The average molecular weight is 380 g/mol. The van der Waals surface area contributed by atoms with E-state index in [-0.39, 0.29) is 24.4 Å². The molecule has 6 nitrogen and oxygen atoms in total. The van der Waals surface area contributed by atoms with Crippen molar-refractivity contribution in [3.63, 3.8) is 0 Å². The van der Waals surface area contributed by atoms with Crippen molar-refractivity contribution in [3.8, 4) is 11.5 Å². The van der Waals surface area contributed by atoms with Crippen molar-refractivity contribution in [1.29, 1.82) is 0 Å². The van der Waals surface area contributed by atoms with Crippen LogP contribution in [0.15, 0.2) is 41.2 Å². The summed E-state index contributed by atoms with van der Waals surface area (Å²) in [6, 6.07) is 11.2. The predicted octanol–water partition coefficient (Wildman–Crippen LogP) is 3.02. The van der Waals surface area contributed by atoms with E-state index in [0.717, 1.165) is 27.6 Å². The van der Waals surface area contributed by atoms with Crippen LogP contribution in [0.3, 0.4) is 0 Å². The molecule has 6 heteroatoms. The molecule has 3 rings (SSSR count). The molecule has 0 aliphatic carbocycles. The van der Waals surface area contributed by atoms with Crippen LogP contribution in [-0.4, -0.2) is 25.1 Å². The number of nitrogens with one attached hydrogen (secondary N) is 2. The summed E-state index contributed by atoms with van der Waals surface area (Å²) in [7, 11) is 3.12. The van der Waals surface area contributed by atoms with Crippen molar-refractivity contribution in [2.45, 2.75) is 26.8 Å². The number of ether oxygens (including phenoxy) is 2. The van der Waals surface area contributed by atoms with E-state index < -0.39 is 0 Å². The minimum absolute atomic E-state index is 0.171. The van der Waals surface area contributed by atoms with Gasteiger partial charge in [-0.3, -0.25) is 9.59 Å². The number of carbonyl (C=O) groups excluding carboxylic acids is 1. The van der Waals surface area contributed by atoms with Crippen molar-refractivity contribution in [2.24, 2.45) is 0 Å². The summed E-state index contributed by atoms with van der Waals surface area (Å²) in [6.07, 6.45) is 0.185. The zero-order valence-electron chi connectivity index (χ0n) is 16.5. The van der Waals surface area contributed by atoms with E-state index >= 15 is 0 Å². The predicted molar refractivity (Wildman–Crippen MR) is 109 cm³/mol. The largest absolute Gasteiger partial charge is 0.493 e. The summed E-state index contributed by atoms with van der Waals surface area (Å²) >= 11 is 0. The molecule has 0 spiro atoms. The van der Waals surface area contributed by atoms with E-state index in [9.17, 15) is 9.59 Å². The maximum absolute atomic E-state index is 12.4. The first-order chi connectivity index (χ1) is 13.4. The standard InChI is InChI=1S/C22H24N2O4/c1-13-5-7-16-11-17(22(26)24-21(16)14(13)2)12-23-20(25)10-15-6-8-18(27-3)19(9-15)28-4/h5-9,11H,10,12H2,1-4H3,(H,23,25)(H,24,26). The lowest BCUT2D eigenvalue weighted by atomic mass is 10.0. The van der Waals surface area contributed by atoms with E-state index in [4.69, 9.17) is 9.47 Å². The number of pyridine rings is 1. The van der Waals surface area contributed by atoms with Crippen molar-refractivity contribution in [3.05, 3.63) is 69.0 Å². The Morgan fingerprint density at radius 1 is 1.04 bits per heavy atom. The Morgan fingerprint density at radius 3 is 2.50 bits per heavy atom. The number of carbonyl (C=O) groups is 1. The second kappa shape index (κ2) is 8.17. The molecule has 28 heavy (non-hydrogen) atoms. The summed E-state index contributed by atoms with van der Waals surface area (Å²) in [6.45, 7) is 4.16. The SMILES string of the molecule is COc1ccc(CC(=O)NCc2cc3ccc(C)c(C)c3[nH]c2=O)cc1OC. The molecule has 146 valence electrons. The van der Waals surface area contributed by atoms with Gasteiger partial charge in [-0.05, 0) is 54.1 Å². The Labute approximate surface area is 163 Å². The van der Waals surface area contributed by atoms with E-state index in [1.807, 2.05) is 38.1 Å². The van der Waals surface area contributed by atoms with Gasteiger partial charge < -0.3 is 19.8 Å². The molecule has 0 saturated carbocycles. The molecule has 2 aromatic carbocycles. The molecule has 0 bridgehead atoms. The number of hydrogen-bond acceptors (Lipinski definition) is 4. The number of benzene rings is 2. The average Bonchev–Trinajstić information content (AvgIpc) is 2.69. The number of H-pyrrole nitrogens is 1. The lowest BCUT2D eigenvalue weighted by Crippen LogP contribution is -2.28. The third kappa shape index (κ3) is 4.01. The topological polar surface area (TPSA) is 80.4 Å². The lowest BCUT2D eigenvalue weighted by molar-refractivity contribution is -0.120. The van der Waals surface area contributed by atoms with Gasteiger partial charge in [-0.15, -0.1) is 0 Å². The van der Waals surface area contributed by atoms with Crippen LogP contribution in [0.5, 0.6) is 11.5 Å². The smallest absolute Gasteiger partial charge is 0.253 e. The van der Waals surface area contributed by atoms with Gasteiger partial charge in [0.2, 0.25) is 5.91 Å². The molecule has 3 aromatic rings. The van der Waals surface area contributed by atoms with Crippen molar-refractivity contribution in [2.75, 3.05) is 14.2 Å². The molecule has 1 aromatic heterocycles. The maximum atomic E-state index is 12.4. The van der Waals surface area contributed by atoms with Crippen molar-refractivity contribution in [1.82, 2.24) is 10.3 Å². The van der Waals surface area contributed by atoms with Crippen LogP contribution < -0.4 is 20.3 Å². The molecule has 1 amide bonds. The van der Waals surface area contributed by atoms with Gasteiger partial charge in [0.25, 0.3) is 5.56 Å². The summed E-state index contributed by atoms with van der Waals surface area (Å²) in [5, 5.41) is 3.76. The Morgan fingerprint density at radius 2 is 1.79 bits per heavy atom. The minimum Gasteiger partial charge on any atom is -0.493 e. The number of aryl methyl sites for hydroxylation is 2. The molecule has 1 heterocycles. The normalized spacial score (nSPS) is 10.7. The quantitative estimate of drug-likeness (QED) is 0.689. The number of amides is 1. The van der Waals surface area contributed by atoms with Crippen LogP contribution in [0, 0.1) is 13.8 Å². The van der Waals surface area contributed by atoms with Crippen LogP contribution in [0.4, 0.5) is 0 Å². The zero-order chi connectivity index (χ0) is 20.3. The van der Waals surface area contributed by atoms with Gasteiger partial charge >= 0.3 is 0 Å². The fourth-order valence-corrected chi connectivity index (χ4v) is 3.13. The lowest BCUT2D eigenvalue weighted by Gasteiger charge is -2.10. The first kappa shape index (κ1) is 19.5. The highest BCUT2D eigenvalue weighted by atomic mass is 16.5. The summed E-state index contributed by atoms with van der Waals surface area (Å²) in [5.74, 6) is 1.01. The fraction of sp³-hybridized carbons (Fsp3) is 0.273. The highest BCUT2D eigenvalue weighted by Crippen LogP contribution is 2.27. The number of hydrogen-bond donors (Lipinski definition) is 2. The van der Waals surface area contributed by atoms with Gasteiger partial charge in [-0.25, -0.2) is 0 Å². The van der Waals surface area contributed by atoms with E-state index in [1.54, 1.807) is 26.4 Å². The molecule has 0 unspecified atom stereocenters. The number of fused-ring (bicyclic) bond motifs is 1. The zero-order valence-corrected chi connectivity index (χ0v) is 16.5. The van der Waals surface area contributed by atoms with Crippen LogP contribution in [0.2, 0.25) is 0 Å². The molecular weight excluding hydrogens is 356 g/mol. The summed E-state index contributed by atoms with van der Waals surface area (Å²) < 4.78 is 10.5. The van der Waals surface area contributed by atoms with E-state index in [1.165, 1.54) is 0 Å². The van der Waals surface area contributed by atoms with Gasteiger partial charge in [-0.2, -0.15) is 0 Å². The van der Waals surface area contributed by atoms with Crippen molar-refractivity contribution < 1.29 is 14.3 Å². The Hall–Kier alpha value is -3.28. The second-order valence-electron chi connectivity index (χ2n) is 6.74. The third-order valence-electron chi connectivity index (χ3n) is 4.92. The number of aromatic amines is 1. The third-order valence-corrected chi connectivity index (χ3v) is 4.92. The molecule has 0 saturated heterocycles. The maximum Gasteiger partial charge on any atom is 0.253 e. The summed E-state index contributed by atoms with van der Waals surface area (Å²) in [5.41, 5.74) is 4.15. The van der Waals surface area contributed by atoms with Gasteiger partial charge in [-0.1, -0.05) is 18.2 Å². The monoisotopic (exact) mass is 380 g/mol. The first-order valence-corrected chi connectivity index (χ1v) is 9.02. The van der Waals surface area contributed by atoms with Crippen LogP contribution in [0.1, 0.15) is 22.3 Å². The Kier molecular flexibility index (Phi) is 5.68. The number of methoxy groups -OCH3 is 2. The number of aromatic nitrogens is 1. The van der Waals surface area contributed by atoms with Gasteiger partial charge in [0.05, 0.1) is 26.2 Å². The highest BCUT2D eigenvalue weighted by Gasteiger charge is 2.10. The molecular formula is C22H24N2O4. The Balaban J connectivity index is 1.72. The van der Waals surface area contributed by atoms with Gasteiger partial charge in [0.1, 0.15) is 0 Å². The van der Waals surface area contributed by atoms with Crippen LogP contribution in [-0.2, 0) is 17.8 Å². The van der Waals surface area contributed by atoms with Crippen molar-refractivity contribution >= 4 is 16.8 Å². The summed E-state index contributed by atoms with van der Waals surface area (Å²) in [4.78, 5) is 27.6. The molecule has 0 aliphatic heterocycles. The fourth-order valence-electron chi connectivity index (χ4n) is 3.13. The number of rotatable bonds is 6. The minimum atomic E-state index is -0.187. The second-order valence-corrected chi connectivity index (χ2v) is 6.74. The molecule has 0 aliphatic rings. The molecule has 0 fully saturated rings. The van der Waals surface area contributed by atoms with Crippen LogP contribution in [0.25, 0.3) is 10.9 Å². The van der Waals surface area contributed by atoms with E-state index in [0.29, 0.717) is 17.1 Å².